The summed E-state index contributed by atoms with van der Waals surface area (Å²) >= 11 is 5.88. The summed E-state index contributed by atoms with van der Waals surface area (Å²) < 4.78 is 7.65. The number of benzene rings is 2. The van der Waals surface area contributed by atoms with Crippen LogP contribution in [-0.2, 0) is 19.7 Å². The Morgan fingerprint density at radius 1 is 1.19 bits per heavy atom. The van der Waals surface area contributed by atoms with Crippen LogP contribution in [0.5, 0.6) is 5.75 Å². The Bertz CT molecular complexity index is 906. The molecule has 0 saturated heterocycles. The van der Waals surface area contributed by atoms with E-state index in [0.29, 0.717) is 23.7 Å². The topological polar surface area (TPSA) is 47.4 Å². The summed E-state index contributed by atoms with van der Waals surface area (Å²) in [6.07, 6.45) is 1.76. The quantitative estimate of drug-likeness (QED) is 0.607. The molecule has 6 heteroatoms. The molecule has 0 aliphatic carbocycles. The van der Waals surface area contributed by atoms with Crippen molar-refractivity contribution in [2.45, 2.75) is 26.6 Å². The molecule has 0 aliphatic rings. The number of aryl methyl sites for hydroxylation is 1. The number of hydrogen-bond acceptors (Lipinski definition) is 3. The fraction of sp³-hybridized carbons (Fsp3) is 0.238. The van der Waals surface area contributed by atoms with Crippen molar-refractivity contribution in [3.8, 4) is 5.75 Å². The van der Waals surface area contributed by atoms with E-state index >= 15 is 0 Å². The average molecular weight is 384 g/mol. The number of amides is 1. The number of hydrogen-bond donors (Lipinski definition) is 0. The zero-order valence-electron chi connectivity index (χ0n) is 15.4. The predicted molar refractivity (Wildman–Crippen MR) is 106 cm³/mol. The standard InChI is InChI=1S/C21H22ClN3O2/c1-3-25-19(11-12-23-25)14-24(2)21(26)17-6-4-5-16(13-17)15-27-20-9-7-18(22)8-10-20/h4-13H,3,14-15H2,1-2H3. The van der Waals surface area contributed by atoms with E-state index in [9.17, 15) is 4.79 Å². The fourth-order valence-corrected chi connectivity index (χ4v) is 2.93. The van der Waals surface area contributed by atoms with Crippen LogP contribution < -0.4 is 4.74 Å². The second kappa shape index (κ2) is 8.73. The van der Waals surface area contributed by atoms with Crippen LogP contribution in [0, 0.1) is 0 Å². The van der Waals surface area contributed by atoms with Crippen LogP contribution >= 0.6 is 11.6 Å². The van der Waals surface area contributed by atoms with Crippen molar-refractivity contribution < 1.29 is 9.53 Å². The van der Waals surface area contributed by atoms with Crippen molar-refractivity contribution >= 4 is 17.5 Å². The molecule has 0 spiro atoms. The molecule has 1 heterocycles. The smallest absolute Gasteiger partial charge is 0.253 e. The highest BCUT2D eigenvalue weighted by molar-refractivity contribution is 6.30. The van der Waals surface area contributed by atoms with E-state index in [1.54, 1.807) is 30.3 Å². The molecule has 0 bridgehead atoms. The van der Waals surface area contributed by atoms with E-state index in [1.807, 2.05) is 54.1 Å². The Hall–Kier alpha value is -2.79. The van der Waals surface area contributed by atoms with Crippen molar-refractivity contribution in [3.63, 3.8) is 0 Å². The number of carbonyl (C=O) groups excluding carboxylic acids is 1. The first-order chi connectivity index (χ1) is 13.1. The maximum Gasteiger partial charge on any atom is 0.253 e. The summed E-state index contributed by atoms with van der Waals surface area (Å²) in [6, 6.07) is 16.7. The van der Waals surface area contributed by atoms with Crippen molar-refractivity contribution in [3.05, 3.63) is 82.6 Å². The minimum Gasteiger partial charge on any atom is -0.489 e. The Balaban J connectivity index is 1.65. The van der Waals surface area contributed by atoms with Gasteiger partial charge in [-0.3, -0.25) is 9.48 Å². The number of rotatable bonds is 7. The van der Waals surface area contributed by atoms with E-state index in [4.69, 9.17) is 16.3 Å². The maximum atomic E-state index is 12.8. The number of nitrogens with zero attached hydrogens (tertiary/aromatic N) is 3. The van der Waals surface area contributed by atoms with Crippen LogP contribution in [0.15, 0.2) is 60.8 Å². The van der Waals surface area contributed by atoms with Gasteiger partial charge in [-0.15, -0.1) is 0 Å². The lowest BCUT2D eigenvalue weighted by molar-refractivity contribution is 0.0781. The van der Waals surface area contributed by atoms with Crippen LogP contribution in [0.25, 0.3) is 0 Å². The second-order valence-electron chi connectivity index (χ2n) is 6.24. The number of carbonyl (C=O) groups is 1. The summed E-state index contributed by atoms with van der Waals surface area (Å²) in [7, 11) is 1.80. The third kappa shape index (κ3) is 4.89. The number of aromatic nitrogens is 2. The first-order valence-corrected chi connectivity index (χ1v) is 9.18. The first kappa shape index (κ1) is 19.0. The van der Waals surface area contributed by atoms with Gasteiger partial charge in [0.05, 0.1) is 12.2 Å². The van der Waals surface area contributed by atoms with Gasteiger partial charge in [0.25, 0.3) is 5.91 Å². The molecule has 0 aliphatic heterocycles. The van der Waals surface area contributed by atoms with Gasteiger partial charge < -0.3 is 9.64 Å². The molecule has 5 nitrogen and oxygen atoms in total. The molecule has 27 heavy (non-hydrogen) atoms. The van der Waals surface area contributed by atoms with Crippen LogP contribution in [0.1, 0.15) is 28.5 Å². The molecule has 3 aromatic rings. The van der Waals surface area contributed by atoms with Gasteiger partial charge in [0.1, 0.15) is 12.4 Å². The summed E-state index contributed by atoms with van der Waals surface area (Å²) in [6.45, 7) is 3.71. The number of halogens is 1. The van der Waals surface area contributed by atoms with Crippen molar-refractivity contribution in [1.29, 1.82) is 0 Å². The van der Waals surface area contributed by atoms with Gasteiger partial charge >= 0.3 is 0 Å². The molecule has 0 saturated carbocycles. The first-order valence-electron chi connectivity index (χ1n) is 8.80. The third-order valence-corrected chi connectivity index (χ3v) is 4.49. The van der Waals surface area contributed by atoms with E-state index < -0.39 is 0 Å². The van der Waals surface area contributed by atoms with Gasteiger partial charge in [0, 0.05) is 30.4 Å². The Morgan fingerprint density at radius 3 is 2.70 bits per heavy atom. The maximum absolute atomic E-state index is 12.8. The van der Waals surface area contributed by atoms with Crippen LogP contribution in [0.2, 0.25) is 5.02 Å². The minimum atomic E-state index is -0.0350. The van der Waals surface area contributed by atoms with E-state index in [0.717, 1.165) is 23.6 Å². The van der Waals surface area contributed by atoms with Gasteiger partial charge in [-0.1, -0.05) is 23.7 Å². The highest BCUT2D eigenvalue weighted by Crippen LogP contribution is 2.18. The molecule has 0 radical (unpaired) electrons. The summed E-state index contributed by atoms with van der Waals surface area (Å²) in [5.41, 5.74) is 2.58. The summed E-state index contributed by atoms with van der Waals surface area (Å²) in [4.78, 5) is 14.5. The predicted octanol–water partition coefficient (Wildman–Crippen LogP) is 4.41. The molecule has 0 unspecified atom stereocenters. The van der Waals surface area contributed by atoms with E-state index in [1.165, 1.54) is 0 Å². The molecular formula is C21H22ClN3O2. The summed E-state index contributed by atoms with van der Waals surface area (Å²) in [5, 5.41) is 4.92. The lowest BCUT2D eigenvalue weighted by Gasteiger charge is -2.18. The molecule has 3 rings (SSSR count). The molecule has 2 aromatic carbocycles. The monoisotopic (exact) mass is 383 g/mol. The highest BCUT2D eigenvalue weighted by atomic mass is 35.5. The molecule has 0 N–H and O–H groups in total. The van der Waals surface area contributed by atoms with E-state index in [2.05, 4.69) is 5.10 Å². The van der Waals surface area contributed by atoms with Gasteiger partial charge in [-0.2, -0.15) is 5.10 Å². The SMILES string of the molecule is CCn1nccc1CN(C)C(=O)c1cccc(COc2ccc(Cl)cc2)c1. The highest BCUT2D eigenvalue weighted by Gasteiger charge is 2.14. The fourth-order valence-electron chi connectivity index (χ4n) is 2.81. The zero-order valence-corrected chi connectivity index (χ0v) is 16.2. The second-order valence-corrected chi connectivity index (χ2v) is 6.68. The van der Waals surface area contributed by atoms with Crippen molar-refractivity contribution in [2.75, 3.05) is 7.05 Å². The van der Waals surface area contributed by atoms with Gasteiger partial charge in [0.15, 0.2) is 0 Å². The zero-order chi connectivity index (χ0) is 19.2. The number of ether oxygens (including phenoxy) is 1. The largest absolute Gasteiger partial charge is 0.489 e. The summed E-state index contributed by atoms with van der Waals surface area (Å²) in [5.74, 6) is 0.702. The third-order valence-electron chi connectivity index (χ3n) is 4.24. The van der Waals surface area contributed by atoms with Crippen LogP contribution in [0.4, 0.5) is 0 Å². The Labute approximate surface area is 164 Å². The molecular weight excluding hydrogens is 362 g/mol. The molecule has 140 valence electrons. The Kier molecular flexibility index (Phi) is 6.14. The molecule has 1 amide bonds. The van der Waals surface area contributed by atoms with Crippen molar-refractivity contribution in [1.82, 2.24) is 14.7 Å². The van der Waals surface area contributed by atoms with Crippen LogP contribution in [-0.4, -0.2) is 27.6 Å². The normalized spacial score (nSPS) is 10.6. The minimum absolute atomic E-state index is 0.0350. The lowest BCUT2D eigenvalue weighted by atomic mass is 10.1. The van der Waals surface area contributed by atoms with E-state index in [-0.39, 0.29) is 5.91 Å². The van der Waals surface area contributed by atoms with Gasteiger partial charge in [-0.25, -0.2) is 0 Å². The molecule has 0 fully saturated rings. The van der Waals surface area contributed by atoms with Gasteiger partial charge in [-0.05, 0) is 55.0 Å². The van der Waals surface area contributed by atoms with Crippen molar-refractivity contribution in [2.24, 2.45) is 0 Å². The van der Waals surface area contributed by atoms with Gasteiger partial charge in [0.2, 0.25) is 0 Å². The lowest BCUT2D eigenvalue weighted by Crippen LogP contribution is -2.27. The molecule has 1 aromatic heterocycles. The Morgan fingerprint density at radius 2 is 1.96 bits per heavy atom. The molecule has 0 atom stereocenters. The van der Waals surface area contributed by atoms with Crippen LogP contribution in [0.3, 0.4) is 0 Å². The average Bonchev–Trinajstić information content (AvgIpc) is 3.14.